The Morgan fingerprint density at radius 3 is 2.11 bits per heavy atom. The van der Waals surface area contributed by atoms with Crippen molar-refractivity contribution in [1.82, 2.24) is 10.2 Å². The number of hydrogen-bond acceptors (Lipinski definition) is 2. The first-order valence-electron chi connectivity index (χ1n) is 7.64. The number of carbonyl (C=O) groups is 1. The van der Waals surface area contributed by atoms with Crippen LogP contribution >= 0.6 is 0 Å². The summed E-state index contributed by atoms with van der Waals surface area (Å²) >= 11 is 0. The maximum absolute atomic E-state index is 13.0. The Hall–Kier alpha value is -0.570. The molecule has 3 aliphatic rings. The van der Waals surface area contributed by atoms with E-state index in [1.807, 2.05) is 0 Å². The van der Waals surface area contributed by atoms with Crippen LogP contribution in [0.4, 0.5) is 0 Å². The molecule has 19 heavy (non-hydrogen) atoms. The molecule has 3 fully saturated rings. The van der Waals surface area contributed by atoms with Gasteiger partial charge in [0.05, 0.1) is 0 Å². The van der Waals surface area contributed by atoms with E-state index >= 15 is 0 Å². The van der Waals surface area contributed by atoms with E-state index in [4.69, 9.17) is 0 Å². The summed E-state index contributed by atoms with van der Waals surface area (Å²) < 4.78 is 0. The van der Waals surface area contributed by atoms with Crippen LogP contribution < -0.4 is 5.32 Å². The minimum Gasteiger partial charge on any atom is -0.337 e. The molecule has 3 heteroatoms. The highest BCUT2D eigenvalue weighted by atomic mass is 16.2. The van der Waals surface area contributed by atoms with Crippen molar-refractivity contribution >= 4 is 5.91 Å². The minimum atomic E-state index is 0.0139. The maximum atomic E-state index is 13.0. The molecule has 1 saturated carbocycles. The number of hydrogen-bond donors (Lipinski definition) is 1. The van der Waals surface area contributed by atoms with Crippen molar-refractivity contribution in [3.8, 4) is 0 Å². The zero-order valence-electron chi connectivity index (χ0n) is 13.2. The number of nitrogens with one attached hydrogen (secondary N) is 1. The zero-order chi connectivity index (χ0) is 14.2. The third-order valence-corrected chi connectivity index (χ3v) is 6.89. The van der Waals surface area contributed by atoms with Crippen molar-refractivity contribution in [2.24, 2.45) is 28.6 Å². The van der Waals surface area contributed by atoms with Gasteiger partial charge in [-0.15, -0.1) is 0 Å². The Balaban J connectivity index is 1.83. The normalized spacial score (nSPS) is 38.3. The van der Waals surface area contributed by atoms with E-state index in [9.17, 15) is 4.79 Å². The molecule has 2 saturated heterocycles. The Morgan fingerprint density at radius 1 is 1.05 bits per heavy atom. The van der Waals surface area contributed by atoms with Gasteiger partial charge in [-0.2, -0.15) is 0 Å². The highest BCUT2D eigenvalue weighted by Gasteiger charge is 2.70. The van der Waals surface area contributed by atoms with Gasteiger partial charge in [-0.05, 0) is 36.5 Å². The number of likely N-dealkylation sites (tertiary alicyclic amines) is 1. The first kappa shape index (κ1) is 13.4. The number of rotatable bonds is 1. The van der Waals surface area contributed by atoms with E-state index < -0.39 is 0 Å². The SMILES string of the molecule is CC1(C)C2CNCC2CN1C(=O)C1C(C)(C)C1(C)C. The second-order valence-electron chi connectivity index (χ2n) is 8.50. The third-order valence-electron chi connectivity index (χ3n) is 6.89. The van der Waals surface area contributed by atoms with E-state index in [1.54, 1.807) is 0 Å². The Morgan fingerprint density at radius 2 is 1.63 bits per heavy atom. The van der Waals surface area contributed by atoms with Gasteiger partial charge in [0.1, 0.15) is 0 Å². The van der Waals surface area contributed by atoms with E-state index in [0.717, 1.165) is 19.6 Å². The average Bonchev–Trinajstić information content (AvgIpc) is 2.65. The number of amides is 1. The summed E-state index contributed by atoms with van der Waals surface area (Å²) in [6.07, 6.45) is 0. The van der Waals surface area contributed by atoms with Gasteiger partial charge < -0.3 is 10.2 Å². The summed E-state index contributed by atoms with van der Waals surface area (Å²) in [5.41, 5.74) is 0.312. The van der Waals surface area contributed by atoms with Gasteiger partial charge in [0.2, 0.25) is 5.91 Å². The maximum Gasteiger partial charge on any atom is 0.227 e. The van der Waals surface area contributed by atoms with Gasteiger partial charge >= 0.3 is 0 Å². The lowest BCUT2D eigenvalue weighted by Gasteiger charge is -2.36. The molecule has 2 aliphatic heterocycles. The van der Waals surface area contributed by atoms with Crippen molar-refractivity contribution < 1.29 is 4.79 Å². The van der Waals surface area contributed by atoms with Crippen molar-refractivity contribution in [1.29, 1.82) is 0 Å². The number of fused-ring (bicyclic) bond motifs is 1. The molecule has 0 radical (unpaired) electrons. The van der Waals surface area contributed by atoms with E-state index in [1.165, 1.54) is 0 Å². The smallest absolute Gasteiger partial charge is 0.227 e. The van der Waals surface area contributed by atoms with Crippen molar-refractivity contribution in [3.63, 3.8) is 0 Å². The molecule has 0 aromatic carbocycles. The van der Waals surface area contributed by atoms with Gasteiger partial charge in [0.15, 0.2) is 0 Å². The van der Waals surface area contributed by atoms with E-state index in [0.29, 0.717) is 17.7 Å². The standard InChI is InChI=1S/C16H28N2O/c1-14(2)12(15(14,3)4)13(19)18-9-10-7-17-8-11(10)16(18,5)6/h10-12,17H,7-9H2,1-6H3. The van der Waals surface area contributed by atoms with E-state index in [2.05, 4.69) is 51.8 Å². The summed E-state index contributed by atoms with van der Waals surface area (Å²) in [5, 5.41) is 3.48. The summed E-state index contributed by atoms with van der Waals surface area (Å²) in [6, 6.07) is 0. The Bertz CT molecular complexity index is 410. The molecule has 1 amide bonds. The lowest BCUT2D eigenvalue weighted by Crippen LogP contribution is -2.48. The fourth-order valence-corrected chi connectivity index (χ4v) is 4.77. The Kier molecular flexibility index (Phi) is 2.50. The summed E-state index contributed by atoms with van der Waals surface area (Å²) in [6.45, 7) is 16.6. The Labute approximate surface area is 117 Å². The molecule has 2 unspecified atom stereocenters. The molecule has 1 aliphatic carbocycles. The van der Waals surface area contributed by atoms with Crippen LogP contribution in [0.5, 0.6) is 0 Å². The summed E-state index contributed by atoms with van der Waals surface area (Å²) in [7, 11) is 0. The molecular formula is C16H28N2O. The molecule has 0 bridgehead atoms. The van der Waals surface area contributed by atoms with Crippen LogP contribution in [0, 0.1) is 28.6 Å². The molecule has 0 aromatic rings. The van der Waals surface area contributed by atoms with Gasteiger partial charge in [0.25, 0.3) is 0 Å². The highest BCUT2D eigenvalue weighted by Crippen LogP contribution is 2.69. The van der Waals surface area contributed by atoms with Crippen LogP contribution in [0.2, 0.25) is 0 Å². The van der Waals surface area contributed by atoms with Crippen LogP contribution in [0.1, 0.15) is 41.5 Å². The molecule has 0 aromatic heterocycles. The van der Waals surface area contributed by atoms with Crippen LogP contribution in [0.15, 0.2) is 0 Å². The van der Waals surface area contributed by atoms with Gasteiger partial charge in [-0.25, -0.2) is 0 Å². The second-order valence-corrected chi connectivity index (χ2v) is 8.50. The first-order chi connectivity index (χ1) is 8.62. The number of carbonyl (C=O) groups excluding carboxylic acids is 1. The largest absolute Gasteiger partial charge is 0.337 e. The van der Waals surface area contributed by atoms with Crippen LogP contribution in [-0.4, -0.2) is 36.0 Å². The fourth-order valence-electron chi connectivity index (χ4n) is 4.77. The fraction of sp³-hybridized carbons (Fsp3) is 0.938. The highest BCUT2D eigenvalue weighted by molar-refractivity contribution is 5.85. The molecule has 3 rings (SSSR count). The molecule has 0 spiro atoms. The predicted molar refractivity (Wildman–Crippen MR) is 76.7 cm³/mol. The zero-order valence-corrected chi connectivity index (χ0v) is 13.2. The van der Waals surface area contributed by atoms with Gasteiger partial charge in [-0.3, -0.25) is 4.79 Å². The second kappa shape index (κ2) is 3.55. The van der Waals surface area contributed by atoms with Gasteiger partial charge in [0, 0.05) is 31.1 Å². The van der Waals surface area contributed by atoms with Crippen molar-refractivity contribution in [2.75, 3.05) is 19.6 Å². The molecule has 2 atom stereocenters. The van der Waals surface area contributed by atoms with Crippen molar-refractivity contribution in [3.05, 3.63) is 0 Å². The van der Waals surface area contributed by atoms with Crippen LogP contribution in [0.3, 0.4) is 0 Å². The van der Waals surface area contributed by atoms with Crippen molar-refractivity contribution in [2.45, 2.75) is 47.1 Å². The minimum absolute atomic E-state index is 0.0139. The van der Waals surface area contributed by atoms with E-state index in [-0.39, 0.29) is 22.3 Å². The first-order valence-corrected chi connectivity index (χ1v) is 7.64. The molecular weight excluding hydrogens is 236 g/mol. The topological polar surface area (TPSA) is 32.3 Å². The third kappa shape index (κ3) is 1.51. The molecule has 3 nitrogen and oxygen atoms in total. The summed E-state index contributed by atoms with van der Waals surface area (Å²) in [4.78, 5) is 15.2. The summed E-state index contributed by atoms with van der Waals surface area (Å²) in [5.74, 6) is 1.88. The molecule has 108 valence electrons. The van der Waals surface area contributed by atoms with Crippen LogP contribution in [0.25, 0.3) is 0 Å². The average molecular weight is 264 g/mol. The quantitative estimate of drug-likeness (QED) is 0.787. The molecule has 1 N–H and O–H groups in total. The predicted octanol–water partition coefficient (Wildman–Crippen LogP) is 2.12. The monoisotopic (exact) mass is 264 g/mol. The van der Waals surface area contributed by atoms with Gasteiger partial charge in [-0.1, -0.05) is 27.7 Å². The molecule has 2 heterocycles. The van der Waals surface area contributed by atoms with Crippen LogP contribution in [-0.2, 0) is 4.79 Å². The number of nitrogens with zero attached hydrogens (tertiary/aromatic N) is 1. The lowest BCUT2D eigenvalue weighted by molar-refractivity contribution is -0.137. The lowest BCUT2D eigenvalue weighted by atomic mass is 9.84.